The number of halogens is 1. The van der Waals surface area contributed by atoms with Crippen molar-refractivity contribution in [2.24, 2.45) is 0 Å². The second-order valence-electron chi connectivity index (χ2n) is 2.11. The van der Waals surface area contributed by atoms with Crippen molar-refractivity contribution in [3.8, 4) is 0 Å². The highest BCUT2D eigenvalue weighted by Crippen LogP contribution is 2.15. The normalized spacial score (nSPS) is 11.4. The van der Waals surface area contributed by atoms with Crippen LogP contribution in [0.4, 0.5) is 4.39 Å². The van der Waals surface area contributed by atoms with E-state index in [9.17, 15) is 9.18 Å². The van der Waals surface area contributed by atoms with Crippen LogP contribution in [-0.2, 0) is 4.79 Å². The second-order valence-corrected chi connectivity index (χ2v) is 2.11. The monoisotopic (exact) mass is 172 g/mol. The van der Waals surface area contributed by atoms with E-state index in [1.807, 2.05) is 0 Å². The molecule has 0 aromatic heterocycles. The standard InChI is InChI=1S/C8H7FO2.H2O/c9-7(8(10)11)6-4-2-1-3-5-6;/h1-5,7H,(H,10,11);1H2. The lowest BCUT2D eigenvalue weighted by Gasteiger charge is -2.00. The van der Waals surface area contributed by atoms with Gasteiger partial charge in [0.1, 0.15) is 0 Å². The first kappa shape index (κ1) is 10.6. The van der Waals surface area contributed by atoms with Crippen molar-refractivity contribution in [1.29, 1.82) is 0 Å². The Morgan fingerprint density at radius 3 is 2.25 bits per heavy atom. The number of hydrogen-bond donors (Lipinski definition) is 1. The van der Waals surface area contributed by atoms with Gasteiger partial charge in [0.25, 0.3) is 0 Å². The van der Waals surface area contributed by atoms with Crippen LogP contribution in [-0.4, -0.2) is 16.6 Å². The van der Waals surface area contributed by atoms with Crippen LogP contribution >= 0.6 is 0 Å². The predicted molar refractivity (Wildman–Crippen MR) is 41.5 cm³/mol. The Balaban J connectivity index is 0.00000121. The molecule has 0 aliphatic rings. The maximum Gasteiger partial charge on any atom is 0.343 e. The molecule has 0 aliphatic heterocycles. The molecule has 3 nitrogen and oxygen atoms in total. The van der Waals surface area contributed by atoms with Gasteiger partial charge in [-0.15, -0.1) is 0 Å². The fraction of sp³-hybridized carbons (Fsp3) is 0.125. The van der Waals surface area contributed by atoms with Gasteiger partial charge in [-0.1, -0.05) is 30.3 Å². The third-order valence-corrected chi connectivity index (χ3v) is 1.31. The Morgan fingerprint density at radius 1 is 1.33 bits per heavy atom. The largest absolute Gasteiger partial charge is 0.479 e. The van der Waals surface area contributed by atoms with Crippen LogP contribution in [0.15, 0.2) is 30.3 Å². The van der Waals surface area contributed by atoms with Crippen molar-refractivity contribution in [3.63, 3.8) is 0 Å². The summed E-state index contributed by atoms with van der Waals surface area (Å²) in [5, 5.41) is 8.26. The molecule has 0 saturated heterocycles. The van der Waals surface area contributed by atoms with Gasteiger partial charge < -0.3 is 10.6 Å². The highest BCUT2D eigenvalue weighted by Gasteiger charge is 2.16. The number of rotatable bonds is 2. The van der Waals surface area contributed by atoms with Crippen LogP contribution in [0, 0.1) is 0 Å². The summed E-state index contributed by atoms with van der Waals surface area (Å²) in [6.07, 6.45) is -1.91. The SMILES string of the molecule is O.O=C(O)C(F)c1ccccc1. The van der Waals surface area contributed by atoms with E-state index in [2.05, 4.69) is 0 Å². The average molecular weight is 172 g/mol. The molecule has 66 valence electrons. The summed E-state index contributed by atoms with van der Waals surface area (Å²) in [7, 11) is 0. The van der Waals surface area contributed by atoms with Crippen molar-refractivity contribution in [3.05, 3.63) is 35.9 Å². The molecule has 12 heavy (non-hydrogen) atoms. The van der Waals surface area contributed by atoms with Gasteiger partial charge in [0.15, 0.2) is 0 Å². The molecule has 0 bridgehead atoms. The summed E-state index contributed by atoms with van der Waals surface area (Å²) in [5.41, 5.74) is 0.181. The molecule has 0 heterocycles. The van der Waals surface area contributed by atoms with Crippen LogP contribution in [0.5, 0.6) is 0 Å². The topological polar surface area (TPSA) is 68.8 Å². The van der Waals surface area contributed by atoms with Crippen molar-refractivity contribution < 1.29 is 19.8 Å². The maximum atomic E-state index is 12.7. The van der Waals surface area contributed by atoms with Gasteiger partial charge >= 0.3 is 5.97 Å². The molecule has 1 aromatic rings. The summed E-state index contributed by atoms with van der Waals surface area (Å²) >= 11 is 0. The third-order valence-electron chi connectivity index (χ3n) is 1.31. The molecule has 0 radical (unpaired) electrons. The Labute approximate surface area is 68.8 Å². The van der Waals surface area contributed by atoms with E-state index in [0.29, 0.717) is 0 Å². The van der Waals surface area contributed by atoms with E-state index in [0.717, 1.165) is 0 Å². The Kier molecular flexibility index (Phi) is 3.93. The smallest absolute Gasteiger partial charge is 0.343 e. The Bertz CT molecular complexity index is 248. The molecule has 1 rings (SSSR count). The zero-order valence-electron chi connectivity index (χ0n) is 6.20. The Morgan fingerprint density at radius 2 is 1.83 bits per heavy atom. The fourth-order valence-corrected chi connectivity index (χ4v) is 0.765. The summed E-state index contributed by atoms with van der Waals surface area (Å²) in [6.45, 7) is 0. The van der Waals surface area contributed by atoms with Gasteiger partial charge in [0.05, 0.1) is 0 Å². The third kappa shape index (κ3) is 2.32. The molecule has 0 fully saturated rings. The minimum absolute atomic E-state index is 0. The van der Waals surface area contributed by atoms with Gasteiger partial charge in [0.2, 0.25) is 6.17 Å². The first-order valence-corrected chi connectivity index (χ1v) is 3.13. The fourth-order valence-electron chi connectivity index (χ4n) is 0.765. The molecule has 1 unspecified atom stereocenters. The van der Waals surface area contributed by atoms with Crippen molar-refractivity contribution in [1.82, 2.24) is 0 Å². The molecule has 1 aromatic carbocycles. The molecule has 0 saturated carbocycles. The number of carboxylic acids is 1. The molecular weight excluding hydrogens is 163 g/mol. The highest BCUT2D eigenvalue weighted by molar-refractivity contribution is 5.74. The number of hydrogen-bond acceptors (Lipinski definition) is 1. The Hall–Kier alpha value is -1.42. The molecule has 3 N–H and O–H groups in total. The van der Waals surface area contributed by atoms with Crippen LogP contribution in [0.25, 0.3) is 0 Å². The van der Waals surface area contributed by atoms with Gasteiger partial charge in [-0.25, -0.2) is 9.18 Å². The molecule has 0 aliphatic carbocycles. The average Bonchev–Trinajstić information content (AvgIpc) is 2.05. The highest BCUT2D eigenvalue weighted by atomic mass is 19.1. The summed E-state index contributed by atoms with van der Waals surface area (Å²) < 4.78 is 12.7. The lowest BCUT2D eigenvalue weighted by molar-refractivity contribution is -0.143. The summed E-state index contributed by atoms with van der Waals surface area (Å²) in [4.78, 5) is 10.1. The van der Waals surface area contributed by atoms with E-state index in [-0.39, 0.29) is 11.0 Å². The molecule has 0 spiro atoms. The van der Waals surface area contributed by atoms with E-state index in [4.69, 9.17) is 5.11 Å². The predicted octanol–water partition coefficient (Wildman–Crippen LogP) is 0.957. The van der Waals surface area contributed by atoms with Gasteiger partial charge in [-0.2, -0.15) is 0 Å². The summed E-state index contributed by atoms with van der Waals surface area (Å²) in [6, 6.07) is 7.80. The minimum Gasteiger partial charge on any atom is -0.479 e. The first-order chi connectivity index (χ1) is 5.22. The van der Waals surface area contributed by atoms with E-state index in [1.54, 1.807) is 18.2 Å². The lowest BCUT2D eigenvalue weighted by Crippen LogP contribution is -2.05. The minimum atomic E-state index is -1.91. The first-order valence-electron chi connectivity index (χ1n) is 3.13. The second kappa shape index (κ2) is 4.46. The molecular formula is C8H9FO3. The number of carboxylic acid groups (broad SMARTS) is 1. The van der Waals surface area contributed by atoms with Crippen LogP contribution < -0.4 is 0 Å². The van der Waals surface area contributed by atoms with E-state index in [1.165, 1.54) is 12.1 Å². The number of carbonyl (C=O) groups is 1. The molecule has 4 heteroatoms. The quantitative estimate of drug-likeness (QED) is 0.721. The van der Waals surface area contributed by atoms with Crippen molar-refractivity contribution >= 4 is 5.97 Å². The van der Waals surface area contributed by atoms with Crippen molar-refractivity contribution in [2.45, 2.75) is 6.17 Å². The van der Waals surface area contributed by atoms with E-state index < -0.39 is 12.1 Å². The number of benzene rings is 1. The van der Waals surface area contributed by atoms with E-state index >= 15 is 0 Å². The lowest BCUT2D eigenvalue weighted by atomic mass is 10.1. The number of alkyl halides is 1. The van der Waals surface area contributed by atoms with Crippen LogP contribution in [0.2, 0.25) is 0 Å². The van der Waals surface area contributed by atoms with Gasteiger partial charge in [-0.05, 0) is 5.56 Å². The maximum absolute atomic E-state index is 12.7. The summed E-state index contributed by atoms with van der Waals surface area (Å²) in [5.74, 6) is -1.45. The molecule has 1 atom stereocenters. The molecule has 0 amide bonds. The number of aliphatic carboxylic acids is 1. The van der Waals surface area contributed by atoms with Crippen LogP contribution in [0.1, 0.15) is 11.7 Å². The van der Waals surface area contributed by atoms with Gasteiger partial charge in [0, 0.05) is 0 Å². The van der Waals surface area contributed by atoms with Crippen LogP contribution in [0.3, 0.4) is 0 Å². The van der Waals surface area contributed by atoms with Gasteiger partial charge in [-0.3, -0.25) is 0 Å². The zero-order valence-corrected chi connectivity index (χ0v) is 6.20. The zero-order chi connectivity index (χ0) is 8.27. The van der Waals surface area contributed by atoms with Crippen molar-refractivity contribution in [2.75, 3.05) is 0 Å².